The van der Waals surface area contributed by atoms with Crippen LogP contribution in [0.5, 0.6) is 0 Å². The van der Waals surface area contributed by atoms with Crippen LogP contribution in [0.4, 0.5) is 0 Å². The number of hydrogen-bond acceptors (Lipinski definition) is 4. The summed E-state index contributed by atoms with van der Waals surface area (Å²) in [6.45, 7) is 4.46. The molecule has 1 saturated heterocycles. The van der Waals surface area contributed by atoms with Crippen molar-refractivity contribution in [2.24, 2.45) is 29.1 Å². The van der Waals surface area contributed by atoms with E-state index in [0.717, 1.165) is 38.4 Å². The summed E-state index contributed by atoms with van der Waals surface area (Å²) in [6, 6.07) is 0. The van der Waals surface area contributed by atoms with E-state index < -0.39 is 0 Å². The van der Waals surface area contributed by atoms with Gasteiger partial charge in [0.2, 0.25) is 0 Å². The summed E-state index contributed by atoms with van der Waals surface area (Å²) in [5.74, 6) is 2.11. The van der Waals surface area contributed by atoms with Crippen LogP contribution in [-0.2, 0) is 14.3 Å². The van der Waals surface area contributed by atoms with E-state index in [0.29, 0.717) is 48.5 Å². The molecule has 0 amide bonds. The lowest BCUT2D eigenvalue weighted by molar-refractivity contribution is -0.201. The van der Waals surface area contributed by atoms with Crippen molar-refractivity contribution >= 4 is 11.8 Å². The zero-order chi connectivity index (χ0) is 17.1. The van der Waals surface area contributed by atoms with Gasteiger partial charge in [-0.1, -0.05) is 6.92 Å². The van der Waals surface area contributed by atoms with Gasteiger partial charge in [0.25, 0.3) is 0 Å². The Morgan fingerprint density at radius 2 is 1.92 bits per heavy atom. The molecule has 1 N–H and O–H groups in total. The van der Waals surface area contributed by atoms with E-state index in [-0.39, 0.29) is 22.8 Å². The van der Waals surface area contributed by atoms with Crippen molar-refractivity contribution in [2.75, 3.05) is 0 Å². The van der Waals surface area contributed by atoms with E-state index in [2.05, 4.69) is 13.8 Å². The largest absolute Gasteiger partial charge is 0.515 e. The van der Waals surface area contributed by atoms with Crippen molar-refractivity contribution in [3.05, 3.63) is 11.8 Å². The Morgan fingerprint density at radius 1 is 1.12 bits per heavy atom. The molecule has 4 fully saturated rings. The average molecular weight is 332 g/mol. The monoisotopic (exact) mass is 332 g/mol. The smallest absolute Gasteiger partial charge is 0.306 e. The standard InChI is InChI=1S/C20H28O4/c1-19-10-12(11-21)17(22)9-13(19)3-4-14-15(19)7-8-20(2)16(14)5-6-18(23)24-20/h11,13-16,21H,3-10H2,1-2H3/b12-11+/t13-,14-,15+,16-,19-,20-/m0/s1. The fourth-order valence-corrected chi connectivity index (χ4v) is 6.64. The lowest BCUT2D eigenvalue weighted by atomic mass is 9.45. The fourth-order valence-electron chi connectivity index (χ4n) is 6.64. The van der Waals surface area contributed by atoms with Crippen molar-refractivity contribution in [1.29, 1.82) is 0 Å². The second kappa shape index (κ2) is 5.34. The Hall–Kier alpha value is -1.32. The minimum absolute atomic E-state index is 0.0409. The number of carbonyl (C=O) groups excluding carboxylic acids is 2. The first kappa shape index (κ1) is 16.2. The molecule has 0 spiro atoms. The molecule has 3 saturated carbocycles. The lowest BCUT2D eigenvalue weighted by Crippen LogP contribution is -2.58. The van der Waals surface area contributed by atoms with Gasteiger partial charge < -0.3 is 9.84 Å². The van der Waals surface area contributed by atoms with Crippen LogP contribution in [0.3, 0.4) is 0 Å². The Bertz CT molecular complexity index is 609. The molecule has 24 heavy (non-hydrogen) atoms. The predicted octanol–water partition coefficient (Wildman–Crippen LogP) is 3.95. The Morgan fingerprint density at radius 3 is 2.67 bits per heavy atom. The van der Waals surface area contributed by atoms with Gasteiger partial charge in [0.1, 0.15) is 5.60 Å². The van der Waals surface area contributed by atoms with Gasteiger partial charge in [-0.25, -0.2) is 0 Å². The highest BCUT2D eigenvalue weighted by atomic mass is 16.6. The molecule has 3 aliphatic carbocycles. The van der Waals surface area contributed by atoms with E-state index >= 15 is 0 Å². The summed E-state index contributed by atoms with van der Waals surface area (Å²) < 4.78 is 5.81. The first-order valence-corrected chi connectivity index (χ1v) is 9.46. The molecule has 4 aliphatic rings. The Kier molecular flexibility index (Phi) is 3.59. The van der Waals surface area contributed by atoms with Gasteiger partial charge in [0.05, 0.1) is 6.26 Å². The van der Waals surface area contributed by atoms with Crippen LogP contribution in [0.25, 0.3) is 0 Å². The summed E-state index contributed by atoms with van der Waals surface area (Å²) in [4.78, 5) is 24.0. The number of ether oxygens (including phenoxy) is 1. The highest BCUT2D eigenvalue weighted by molar-refractivity contribution is 5.96. The van der Waals surface area contributed by atoms with Gasteiger partial charge in [0, 0.05) is 24.3 Å². The van der Waals surface area contributed by atoms with Crippen LogP contribution in [0.1, 0.15) is 65.2 Å². The van der Waals surface area contributed by atoms with Crippen LogP contribution in [0, 0.1) is 29.1 Å². The summed E-state index contributed by atoms with van der Waals surface area (Å²) in [5.41, 5.74) is 0.409. The van der Waals surface area contributed by atoms with E-state index in [1.165, 1.54) is 0 Å². The number of carbonyl (C=O) groups is 2. The number of fused-ring (bicyclic) bond motifs is 5. The third kappa shape index (κ3) is 2.18. The SMILES string of the molecule is C[C@]12C/C(=C\O)C(=O)C[C@@H]1CC[C@H]1[C@H]2CC[C@]2(C)OC(=O)CC[C@@H]12. The van der Waals surface area contributed by atoms with E-state index in [1.54, 1.807) is 0 Å². The molecule has 1 aliphatic heterocycles. The van der Waals surface area contributed by atoms with Gasteiger partial charge in [0.15, 0.2) is 5.78 Å². The molecule has 0 aromatic carbocycles. The van der Waals surface area contributed by atoms with Gasteiger partial charge in [-0.15, -0.1) is 0 Å². The van der Waals surface area contributed by atoms with Crippen molar-refractivity contribution < 1.29 is 19.4 Å². The molecular weight excluding hydrogens is 304 g/mol. The summed E-state index contributed by atoms with van der Waals surface area (Å²) in [5, 5.41) is 9.48. The normalized spacial score (nSPS) is 49.8. The van der Waals surface area contributed by atoms with Crippen LogP contribution in [-0.4, -0.2) is 22.5 Å². The van der Waals surface area contributed by atoms with Gasteiger partial charge in [-0.2, -0.15) is 0 Å². The second-order valence-electron chi connectivity index (χ2n) is 8.98. The molecule has 0 radical (unpaired) electrons. The Balaban J connectivity index is 1.65. The van der Waals surface area contributed by atoms with Crippen LogP contribution >= 0.6 is 0 Å². The van der Waals surface area contributed by atoms with Crippen molar-refractivity contribution in [2.45, 2.75) is 70.8 Å². The third-order valence-corrected chi connectivity index (χ3v) is 7.92. The molecule has 4 nitrogen and oxygen atoms in total. The topological polar surface area (TPSA) is 63.6 Å². The highest BCUT2D eigenvalue weighted by Crippen LogP contribution is 2.63. The van der Waals surface area contributed by atoms with Crippen molar-refractivity contribution in [3.8, 4) is 0 Å². The number of aliphatic hydroxyl groups excluding tert-OH is 1. The van der Waals surface area contributed by atoms with E-state index in [4.69, 9.17) is 4.74 Å². The fraction of sp³-hybridized carbons (Fsp3) is 0.800. The van der Waals surface area contributed by atoms with Crippen LogP contribution in [0.2, 0.25) is 0 Å². The molecule has 0 aromatic rings. The van der Waals surface area contributed by atoms with Gasteiger partial charge in [-0.05, 0) is 68.6 Å². The molecule has 132 valence electrons. The molecule has 0 aromatic heterocycles. The molecule has 4 rings (SSSR count). The number of Topliss-reactive ketones (excluding diaryl/α,β-unsaturated/α-hetero) is 1. The molecule has 0 bridgehead atoms. The molecule has 4 heteroatoms. The lowest BCUT2D eigenvalue weighted by Gasteiger charge is -2.61. The maximum atomic E-state index is 12.2. The minimum Gasteiger partial charge on any atom is -0.515 e. The van der Waals surface area contributed by atoms with Gasteiger partial charge in [-0.3, -0.25) is 9.59 Å². The number of aliphatic hydroxyl groups is 1. The molecule has 0 unspecified atom stereocenters. The van der Waals surface area contributed by atoms with Crippen LogP contribution in [0.15, 0.2) is 11.8 Å². The number of esters is 1. The van der Waals surface area contributed by atoms with Crippen molar-refractivity contribution in [3.63, 3.8) is 0 Å². The first-order chi connectivity index (χ1) is 11.4. The first-order valence-electron chi connectivity index (χ1n) is 9.46. The van der Waals surface area contributed by atoms with E-state index in [9.17, 15) is 14.7 Å². The summed E-state index contributed by atoms with van der Waals surface area (Å²) in [7, 11) is 0. The average Bonchev–Trinajstić information content (AvgIpc) is 2.53. The molecule has 6 atom stereocenters. The molecule has 1 heterocycles. The maximum absolute atomic E-state index is 12.2. The zero-order valence-corrected chi connectivity index (χ0v) is 14.7. The second-order valence-corrected chi connectivity index (χ2v) is 8.98. The number of rotatable bonds is 0. The maximum Gasteiger partial charge on any atom is 0.306 e. The minimum atomic E-state index is -0.292. The highest BCUT2D eigenvalue weighted by Gasteiger charge is 2.59. The third-order valence-electron chi connectivity index (χ3n) is 7.92. The molecular formula is C20H28O4. The van der Waals surface area contributed by atoms with E-state index in [1.807, 2.05) is 0 Å². The van der Waals surface area contributed by atoms with Crippen molar-refractivity contribution in [1.82, 2.24) is 0 Å². The number of allylic oxidation sites excluding steroid dienone is 1. The quantitative estimate of drug-likeness (QED) is 0.414. The zero-order valence-electron chi connectivity index (χ0n) is 14.7. The Labute approximate surface area is 143 Å². The predicted molar refractivity (Wildman–Crippen MR) is 89.2 cm³/mol. The number of hydrogen-bond donors (Lipinski definition) is 1. The number of ketones is 1. The summed E-state index contributed by atoms with van der Waals surface area (Å²) in [6.07, 6.45) is 8.05. The summed E-state index contributed by atoms with van der Waals surface area (Å²) >= 11 is 0. The van der Waals surface area contributed by atoms with Gasteiger partial charge >= 0.3 is 5.97 Å². The van der Waals surface area contributed by atoms with Crippen LogP contribution < -0.4 is 0 Å².